The average molecular weight is 347 g/mol. The summed E-state index contributed by atoms with van der Waals surface area (Å²) >= 11 is 5.78. The van der Waals surface area contributed by atoms with Crippen LogP contribution < -0.4 is 5.32 Å². The van der Waals surface area contributed by atoms with Crippen molar-refractivity contribution in [1.29, 1.82) is 0 Å². The van der Waals surface area contributed by atoms with E-state index in [2.05, 4.69) is 5.32 Å². The maximum atomic E-state index is 13.7. The summed E-state index contributed by atoms with van der Waals surface area (Å²) < 4.78 is 13.7. The number of carbonyl (C=O) groups is 3. The topological polar surface area (TPSA) is 66.5 Å². The van der Waals surface area contributed by atoms with E-state index < -0.39 is 29.6 Å². The van der Waals surface area contributed by atoms with E-state index in [0.29, 0.717) is 0 Å². The lowest BCUT2D eigenvalue weighted by Crippen LogP contribution is -2.45. The molecule has 0 fully saturated rings. The molecule has 3 amide bonds. The van der Waals surface area contributed by atoms with Crippen molar-refractivity contribution in [3.63, 3.8) is 0 Å². The Kier molecular flexibility index (Phi) is 4.07. The lowest BCUT2D eigenvalue weighted by Gasteiger charge is -2.21. The van der Waals surface area contributed by atoms with Crippen molar-refractivity contribution >= 4 is 35.0 Å². The minimum Gasteiger partial charge on any atom is -0.322 e. The highest BCUT2D eigenvalue weighted by Crippen LogP contribution is 2.25. The van der Waals surface area contributed by atoms with Gasteiger partial charge in [-0.05, 0) is 37.3 Å². The van der Waals surface area contributed by atoms with Crippen molar-refractivity contribution in [1.82, 2.24) is 4.90 Å². The Morgan fingerprint density at radius 1 is 1.12 bits per heavy atom. The summed E-state index contributed by atoms with van der Waals surface area (Å²) in [5, 5.41) is 2.60. The number of nitrogens with zero attached hydrogens (tertiary/aromatic N) is 1. The van der Waals surface area contributed by atoms with Gasteiger partial charge in [-0.1, -0.05) is 23.7 Å². The van der Waals surface area contributed by atoms with Gasteiger partial charge in [0.25, 0.3) is 11.8 Å². The summed E-state index contributed by atoms with van der Waals surface area (Å²) in [7, 11) is 0. The van der Waals surface area contributed by atoms with Crippen molar-refractivity contribution in [3.8, 4) is 0 Å². The van der Waals surface area contributed by atoms with Gasteiger partial charge in [-0.3, -0.25) is 19.3 Å². The maximum absolute atomic E-state index is 13.7. The molecular formula is C17H12ClFN2O3. The quantitative estimate of drug-likeness (QED) is 0.868. The summed E-state index contributed by atoms with van der Waals surface area (Å²) in [5.74, 6) is -2.46. The van der Waals surface area contributed by atoms with Crippen molar-refractivity contribution in [2.45, 2.75) is 13.0 Å². The van der Waals surface area contributed by atoms with Crippen LogP contribution >= 0.6 is 11.6 Å². The van der Waals surface area contributed by atoms with Crippen LogP contribution in [0.15, 0.2) is 42.5 Å². The fourth-order valence-electron chi connectivity index (χ4n) is 2.51. The van der Waals surface area contributed by atoms with Crippen molar-refractivity contribution < 1.29 is 18.8 Å². The van der Waals surface area contributed by atoms with E-state index in [9.17, 15) is 18.8 Å². The second-order valence-corrected chi connectivity index (χ2v) is 5.75. The number of imide groups is 1. The summed E-state index contributed by atoms with van der Waals surface area (Å²) in [6, 6.07) is 8.94. The number of halogens is 2. The number of benzene rings is 2. The van der Waals surface area contributed by atoms with Crippen LogP contribution in [0.2, 0.25) is 5.02 Å². The number of amides is 3. The van der Waals surface area contributed by atoms with E-state index in [4.69, 9.17) is 11.6 Å². The van der Waals surface area contributed by atoms with Crippen LogP contribution in [0, 0.1) is 5.82 Å². The predicted octanol–water partition coefficient (Wildman–Crippen LogP) is 3.10. The molecule has 0 unspecified atom stereocenters. The smallest absolute Gasteiger partial charge is 0.262 e. The number of hydrogen-bond donors (Lipinski definition) is 1. The molecule has 0 radical (unpaired) electrons. The first-order valence-corrected chi connectivity index (χ1v) is 7.51. The molecule has 0 aliphatic carbocycles. The average Bonchev–Trinajstić information content (AvgIpc) is 2.82. The second-order valence-electron chi connectivity index (χ2n) is 5.32. The Morgan fingerprint density at radius 2 is 1.71 bits per heavy atom. The highest BCUT2D eigenvalue weighted by molar-refractivity contribution is 6.31. The first-order chi connectivity index (χ1) is 11.4. The molecular weight excluding hydrogens is 335 g/mol. The minimum atomic E-state index is -1.10. The SMILES string of the molecule is C[C@H](C(=O)Nc1cc(Cl)ccc1F)N1C(=O)c2ccccc2C1=O. The van der Waals surface area contributed by atoms with Crippen LogP contribution in [-0.2, 0) is 4.79 Å². The van der Waals surface area contributed by atoms with Gasteiger partial charge in [0.05, 0.1) is 16.8 Å². The zero-order chi connectivity index (χ0) is 17.4. The van der Waals surface area contributed by atoms with Gasteiger partial charge in [0.2, 0.25) is 5.91 Å². The Morgan fingerprint density at radius 3 is 2.29 bits per heavy atom. The lowest BCUT2D eigenvalue weighted by atomic mass is 10.1. The van der Waals surface area contributed by atoms with Gasteiger partial charge in [0, 0.05) is 5.02 Å². The fraction of sp³-hybridized carbons (Fsp3) is 0.118. The zero-order valence-corrected chi connectivity index (χ0v) is 13.3. The Bertz CT molecular complexity index is 834. The van der Waals surface area contributed by atoms with Crippen molar-refractivity contribution in [2.24, 2.45) is 0 Å². The van der Waals surface area contributed by atoms with Crippen LogP contribution in [0.5, 0.6) is 0 Å². The van der Waals surface area contributed by atoms with Gasteiger partial charge in [0.15, 0.2) is 0 Å². The molecule has 0 saturated heterocycles. The molecule has 0 aromatic heterocycles. The number of carbonyl (C=O) groups excluding carboxylic acids is 3. The first kappa shape index (κ1) is 16.1. The molecule has 1 aliphatic rings. The van der Waals surface area contributed by atoms with E-state index in [1.807, 2.05) is 0 Å². The van der Waals surface area contributed by atoms with E-state index in [1.165, 1.54) is 31.2 Å². The fourth-order valence-corrected chi connectivity index (χ4v) is 2.68. The molecule has 0 saturated carbocycles. The molecule has 0 spiro atoms. The summed E-state index contributed by atoms with van der Waals surface area (Å²) in [5.41, 5.74) is 0.378. The highest BCUT2D eigenvalue weighted by Gasteiger charge is 2.40. The third-order valence-corrected chi connectivity index (χ3v) is 4.01. The van der Waals surface area contributed by atoms with Crippen LogP contribution in [0.1, 0.15) is 27.6 Å². The largest absolute Gasteiger partial charge is 0.322 e. The molecule has 2 aromatic rings. The highest BCUT2D eigenvalue weighted by atomic mass is 35.5. The zero-order valence-electron chi connectivity index (χ0n) is 12.5. The first-order valence-electron chi connectivity index (χ1n) is 7.13. The lowest BCUT2D eigenvalue weighted by molar-refractivity contribution is -0.119. The van der Waals surface area contributed by atoms with E-state index in [0.717, 1.165) is 11.0 Å². The van der Waals surface area contributed by atoms with E-state index in [1.54, 1.807) is 12.1 Å². The molecule has 2 aromatic carbocycles. The van der Waals surface area contributed by atoms with Crippen LogP contribution in [0.4, 0.5) is 10.1 Å². The third kappa shape index (κ3) is 2.65. The monoisotopic (exact) mass is 346 g/mol. The van der Waals surface area contributed by atoms with Gasteiger partial charge >= 0.3 is 0 Å². The Hall–Kier alpha value is -2.73. The Balaban J connectivity index is 1.83. The molecule has 5 nitrogen and oxygen atoms in total. The second kappa shape index (κ2) is 6.05. The summed E-state index contributed by atoms with van der Waals surface area (Å²) in [6.45, 7) is 1.40. The summed E-state index contributed by atoms with van der Waals surface area (Å²) in [6.07, 6.45) is 0. The van der Waals surface area contributed by atoms with Gasteiger partial charge in [-0.25, -0.2) is 4.39 Å². The maximum Gasteiger partial charge on any atom is 0.262 e. The Labute approximate surface area is 142 Å². The molecule has 3 rings (SSSR count). The molecule has 1 atom stereocenters. The number of rotatable bonds is 3. The number of nitrogens with one attached hydrogen (secondary N) is 1. The van der Waals surface area contributed by atoms with E-state index >= 15 is 0 Å². The molecule has 0 bridgehead atoms. The van der Waals surface area contributed by atoms with Gasteiger partial charge < -0.3 is 5.32 Å². The van der Waals surface area contributed by atoms with Gasteiger partial charge in [-0.2, -0.15) is 0 Å². The normalized spacial score (nSPS) is 14.5. The van der Waals surface area contributed by atoms with Crippen molar-refractivity contribution in [2.75, 3.05) is 5.32 Å². The number of fused-ring (bicyclic) bond motifs is 1. The predicted molar refractivity (Wildman–Crippen MR) is 86.4 cm³/mol. The van der Waals surface area contributed by atoms with Crippen LogP contribution in [-0.4, -0.2) is 28.7 Å². The van der Waals surface area contributed by atoms with Gasteiger partial charge in [-0.15, -0.1) is 0 Å². The molecule has 1 heterocycles. The molecule has 24 heavy (non-hydrogen) atoms. The molecule has 1 aliphatic heterocycles. The van der Waals surface area contributed by atoms with E-state index in [-0.39, 0.29) is 21.8 Å². The van der Waals surface area contributed by atoms with Crippen LogP contribution in [0.25, 0.3) is 0 Å². The minimum absolute atomic E-state index is 0.115. The summed E-state index contributed by atoms with van der Waals surface area (Å²) in [4.78, 5) is 37.9. The standard InChI is InChI=1S/C17H12ClFN2O3/c1-9(15(22)20-14-8-10(18)6-7-13(14)19)21-16(23)11-4-2-3-5-12(11)17(21)24/h2-9H,1H3,(H,20,22)/t9-/m1/s1. The molecule has 1 N–H and O–H groups in total. The molecule has 7 heteroatoms. The molecule has 122 valence electrons. The van der Waals surface area contributed by atoms with Crippen molar-refractivity contribution in [3.05, 3.63) is 64.4 Å². The number of anilines is 1. The number of hydrogen-bond acceptors (Lipinski definition) is 3. The third-order valence-electron chi connectivity index (χ3n) is 3.78. The van der Waals surface area contributed by atoms with Gasteiger partial charge in [0.1, 0.15) is 11.9 Å². The van der Waals surface area contributed by atoms with Crippen LogP contribution in [0.3, 0.4) is 0 Å².